The van der Waals surface area contributed by atoms with Gasteiger partial charge in [-0.1, -0.05) is 11.2 Å². The van der Waals surface area contributed by atoms with Gasteiger partial charge in [0.05, 0.1) is 11.4 Å². The molecule has 0 amide bonds. The number of H-pyrrole nitrogens is 1. The number of aromatic nitrogens is 4. The number of halogens is 1. The lowest BCUT2D eigenvalue weighted by Gasteiger charge is -2.09. The molecule has 0 aliphatic carbocycles. The van der Waals surface area contributed by atoms with Gasteiger partial charge in [0.1, 0.15) is 6.61 Å². The molecular formula is C11H12IN5O2. The molecule has 0 bridgehead atoms. The standard InChI is InChI=1S/C11H12IN5O2/c1-7(2)14-19-6-8-9(12)4-3-5-10(8)17-11(18)13-15-16-17/h3-5H,6H2,1-2H3,(H,13,16,18). The Hall–Kier alpha value is -1.71. The van der Waals surface area contributed by atoms with Gasteiger partial charge in [-0.2, -0.15) is 4.68 Å². The third kappa shape index (κ3) is 3.19. The van der Waals surface area contributed by atoms with E-state index in [0.717, 1.165) is 14.8 Å². The molecule has 1 N–H and O–H groups in total. The van der Waals surface area contributed by atoms with E-state index in [2.05, 4.69) is 43.3 Å². The summed E-state index contributed by atoms with van der Waals surface area (Å²) < 4.78 is 2.16. The summed E-state index contributed by atoms with van der Waals surface area (Å²) in [5, 5.41) is 13.4. The van der Waals surface area contributed by atoms with Crippen molar-refractivity contribution < 1.29 is 4.84 Å². The van der Waals surface area contributed by atoms with Gasteiger partial charge in [0, 0.05) is 9.13 Å². The molecule has 0 aliphatic rings. The lowest BCUT2D eigenvalue weighted by Crippen LogP contribution is -2.18. The predicted molar refractivity (Wildman–Crippen MR) is 78.3 cm³/mol. The quantitative estimate of drug-likeness (QED) is 0.500. The molecule has 2 rings (SSSR count). The Balaban J connectivity index is 2.39. The summed E-state index contributed by atoms with van der Waals surface area (Å²) in [7, 11) is 0. The van der Waals surface area contributed by atoms with Crippen LogP contribution in [0.1, 0.15) is 19.4 Å². The van der Waals surface area contributed by atoms with Crippen LogP contribution in [0.25, 0.3) is 5.69 Å². The van der Waals surface area contributed by atoms with Gasteiger partial charge in [-0.15, -0.1) is 0 Å². The van der Waals surface area contributed by atoms with Crippen LogP contribution in [0.15, 0.2) is 28.1 Å². The first-order chi connectivity index (χ1) is 9.09. The minimum absolute atomic E-state index is 0.263. The summed E-state index contributed by atoms with van der Waals surface area (Å²) >= 11 is 2.18. The van der Waals surface area contributed by atoms with E-state index in [0.29, 0.717) is 5.69 Å². The number of oxime groups is 1. The molecule has 7 nitrogen and oxygen atoms in total. The van der Waals surface area contributed by atoms with Crippen molar-refractivity contribution in [2.75, 3.05) is 0 Å². The number of nitrogens with zero attached hydrogens (tertiary/aromatic N) is 4. The summed E-state index contributed by atoms with van der Waals surface area (Å²) in [4.78, 5) is 16.8. The smallest absolute Gasteiger partial charge is 0.365 e. The highest BCUT2D eigenvalue weighted by Gasteiger charge is 2.12. The lowest BCUT2D eigenvalue weighted by molar-refractivity contribution is 0.129. The number of rotatable bonds is 4. The van der Waals surface area contributed by atoms with Crippen LogP contribution in [0, 0.1) is 3.57 Å². The highest BCUT2D eigenvalue weighted by atomic mass is 127. The van der Waals surface area contributed by atoms with Crippen LogP contribution in [0.5, 0.6) is 0 Å². The van der Waals surface area contributed by atoms with Gasteiger partial charge >= 0.3 is 5.69 Å². The molecule has 19 heavy (non-hydrogen) atoms. The highest BCUT2D eigenvalue weighted by molar-refractivity contribution is 14.1. The molecule has 0 spiro atoms. The SMILES string of the molecule is CC(C)=NOCc1c(I)cccc1-n1nn[nH]c1=O. The van der Waals surface area contributed by atoms with Crippen LogP contribution in [0.4, 0.5) is 0 Å². The zero-order chi connectivity index (χ0) is 13.8. The van der Waals surface area contributed by atoms with Gasteiger partial charge in [-0.05, 0) is 59.0 Å². The van der Waals surface area contributed by atoms with Crippen molar-refractivity contribution >= 4 is 28.3 Å². The average molecular weight is 373 g/mol. The molecule has 2 aromatic rings. The predicted octanol–water partition coefficient (Wildman–Crippen LogP) is 1.47. The third-order valence-corrected chi connectivity index (χ3v) is 3.26. The molecule has 1 heterocycles. The normalized spacial score (nSPS) is 10.3. The molecule has 0 aliphatic heterocycles. The van der Waals surface area contributed by atoms with Crippen molar-refractivity contribution in [3.63, 3.8) is 0 Å². The van der Waals surface area contributed by atoms with Crippen LogP contribution in [-0.2, 0) is 11.4 Å². The van der Waals surface area contributed by atoms with Gasteiger partial charge in [0.25, 0.3) is 0 Å². The monoisotopic (exact) mass is 373 g/mol. The number of tetrazole rings is 1. The number of hydrogen-bond donors (Lipinski definition) is 1. The van der Waals surface area contributed by atoms with Gasteiger partial charge in [0.15, 0.2) is 0 Å². The maximum atomic E-state index is 11.6. The van der Waals surface area contributed by atoms with Crippen molar-refractivity contribution in [2.24, 2.45) is 5.16 Å². The van der Waals surface area contributed by atoms with Crippen molar-refractivity contribution in [3.8, 4) is 5.69 Å². The minimum atomic E-state index is -0.390. The summed E-state index contributed by atoms with van der Waals surface area (Å²) in [5.41, 5.74) is 1.91. The topological polar surface area (TPSA) is 85.2 Å². The van der Waals surface area contributed by atoms with Crippen LogP contribution in [0.2, 0.25) is 0 Å². The molecule has 0 radical (unpaired) electrons. The van der Waals surface area contributed by atoms with Crippen molar-refractivity contribution in [1.29, 1.82) is 0 Å². The Morgan fingerprint density at radius 3 is 2.95 bits per heavy atom. The Morgan fingerprint density at radius 1 is 1.53 bits per heavy atom. The van der Waals surface area contributed by atoms with E-state index in [9.17, 15) is 4.79 Å². The first-order valence-electron chi connectivity index (χ1n) is 5.51. The van der Waals surface area contributed by atoms with Crippen LogP contribution < -0.4 is 5.69 Å². The number of hydrogen-bond acceptors (Lipinski definition) is 5. The Bertz CT molecular complexity index is 657. The summed E-state index contributed by atoms with van der Waals surface area (Å²) in [6.45, 7) is 3.96. The second kappa shape index (κ2) is 5.95. The van der Waals surface area contributed by atoms with Crippen LogP contribution in [-0.4, -0.2) is 25.9 Å². The van der Waals surface area contributed by atoms with E-state index < -0.39 is 5.69 Å². The molecule has 100 valence electrons. The Kier molecular flexibility index (Phi) is 4.30. The fraction of sp³-hybridized carbons (Fsp3) is 0.273. The maximum absolute atomic E-state index is 11.6. The maximum Gasteiger partial charge on any atom is 0.365 e. The van der Waals surface area contributed by atoms with E-state index in [1.807, 2.05) is 26.0 Å². The Morgan fingerprint density at radius 2 is 2.32 bits per heavy atom. The zero-order valence-corrected chi connectivity index (χ0v) is 12.6. The molecule has 8 heteroatoms. The molecule has 1 aromatic heterocycles. The van der Waals surface area contributed by atoms with Crippen molar-refractivity contribution in [3.05, 3.63) is 37.8 Å². The van der Waals surface area contributed by atoms with E-state index in [-0.39, 0.29) is 6.61 Å². The van der Waals surface area contributed by atoms with Crippen molar-refractivity contribution in [1.82, 2.24) is 20.2 Å². The first kappa shape index (κ1) is 13.7. The lowest BCUT2D eigenvalue weighted by atomic mass is 10.2. The molecule has 0 unspecified atom stereocenters. The van der Waals surface area contributed by atoms with Crippen molar-refractivity contribution in [2.45, 2.75) is 20.5 Å². The summed E-state index contributed by atoms with van der Waals surface area (Å²) in [5.74, 6) is 0. The molecule has 0 saturated heterocycles. The molecule has 0 atom stereocenters. The average Bonchev–Trinajstić information content (AvgIpc) is 2.77. The molecular weight excluding hydrogens is 361 g/mol. The summed E-state index contributed by atoms with van der Waals surface area (Å²) in [6, 6.07) is 5.56. The summed E-state index contributed by atoms with van der Waals surface area (Å²) in [6.07, 6.45) is 0. The van der Waals surface area contributed by atoms with E-state index in [4.69, 9.17) is 4.84 Å². The second-order valence-corrected chi connectivity index (χ2v) is 5.13. The number of benzene rings is 1. The van der Waals surface area contributed by atoms with Gasteiger partial charge in [-0.3, -0.25) is 0 Å². The van der Waals surface area contributed by atoms with Crippen LogP contribution in [0.3, 0.4) is 0 Å². The largest absolute Gasteiger partial charge is 0.391 e. The van der Waals surface area contributed by atoms with Gasteiger partial charge < -0.3 is 4.84 Å². The number of nitrogens with one attached hydrogen (secondary N) is 1. The zero-order valence-electron chi connectivity index (χ0n) is 10.4. The van der Waals surface area contributed by atoms with Gasteiger partial charge in [0.2, 0.25) is 0 Å². The fourth-order valence-electron chi connectivity index (χ4n) is 1.47. The Labute approximate surface area is 122 Å². The molecule has 0 saturated carbocycles. The van der Waals surface area contributed by atoms with E-state index in [1.165, 1.54) is 4.68 Å². The van der Waals surface area contributed by atoms with Crippen LogP contribution >= 0.6 is 22.6 Å². The minimum Gasteiger partial charge on any atom is -0.391 e. The highest BCUT2D eigenvalue weighted by Crippen LogP contribution is 2.20. The third-order valence-electron chi connectivity index (χ3n) is 2.25. The van der Waals surface area contributed by atoms with Gasteiger partial charge in [-0.25, -0.2) is 9.89 Å². The molecule has 1 aromatic carbocycles. The molecule has 0 fully saturated rings. The number of aromatic amines is 1. The van der Waals surface area contributed by atoms with E-state index in [1.54, 1.807) is 6.07 Å². The second-order valence-electron chi connectivity index (χ2n) is 3.97. The van der Waals surface area contributed by atoms with E-state index >= 15 is 0 Å². The first-order valence-corrected chi connectivity index (χ1v) is 6.59. The fourth-order valence-corrected chi connectivity index (χ4v) is 2.11.